The van der Waals surface area contributed by atoms with Crippen LogP contribution in [-0.2, 0) is 4.74 Å². The maximum absolute atomic E-state index is 6.48. The zero-order valence-corrected chi connectivity index (χ0v) is 12.0. The molecule has 1 aliphatic carbocycles. The van der Waals surface area contributed by atoms with Crippen molar-refractivity contribution in [2.24, 2.45) is 5.73 Å². The number of benzene rings is 1. The van der Waals surface area contributed by atoms with Gasteiger partial charge in [-0.15, -0.1) is 0 Å². The molecule has 0 spiro atoms. The Morgan fingerprint density at radius 3 is 2.26 bits per heavy atom. The summed E-state index contributed by atoms with van der Waals surface area (Å²) in [6.07, 6.45) is 4.56. The van der Waals surface area contributed by atoms with Gasteiger partial charge in [0.25, 0.3) is 0 Å². The Balaban J connectivity index is 2.14. The second kappa shape index (κ2) is 6.40. The normalized spacial score (nSPS) is 19.3. The standard InChI is InChI=1S/C16H25NO2/c1-3-18-14-9-7-13(8-10-14)15(17)16(19-4-2)11-5-6-12-16/h7-10,15H,3-6,11-12,17H2,1-2H3. The van der Waals surface area contributed by atoms with Gasteiger partial charge < -0.3 is 15.2 Å². The van der Waals surface area contributed by atoms with Crippen LogP contribution in [0.3, 0.4) is 0 Å². The fourth-order valence-corrected chi connectivity index (χ4v) is 3.05. The van der Waals surface area contributed by atoms with Crippen molar-refractivity contribution in [2.45, 2.75) is 51.2 Å². The van der Waals surface area contributed by atoms with E-state index < -0.39 is 0 Å². The van der Waals surface area contributed by atoms with E-state index in [2.05, 4.69) is 12.1 Å². The maximum Gasteiger partial charge on any atom is 0.119 e. The van der Waals surface area contributed by atoms with Gasteiger partial charge in [-0.05, 0) is 44.4 Å². The lowest BCUT2D eigenvalue weighted by atomic mass is 9.87. The second-order valence-electron chi connectivity index (χ2n) is 5.18. The molecule has 0 radical (unpaired) electrons. The largest absolute Gasteiger partial charge is 0.494 e. The third-order valence-electron chi connectivity index (χ3n) is 4.00. The van der Waals surface area contributed by atoms with Gasteiger partial charge >= 0.3 is 0 Å². The number of ether oxygens (including phenoxy) is 2. The van der Waals surface area contributed by atoms with E-state index >= 15 is 0 Å². The summed E-state index contributed by atoms with van der Waals surface area (Å²) in [7, 11) is 0. The van der Waals surface area contributed by atoms with E-state index in [4.69, 9.17) is 15.2 Å². The van der Waals surface area contributed by atoms with Crippen molar-refractivity contribution < 1.29 is 9.47 Å². The predicted octanol–water partition coefficient (Wildman–Crippen LogP) is 3.43. The van der Waals surface area contributed by atoms with Crippen LogP contribution in [0.15, 0.2) is 24.3 Å². The van der Waals surface area contributed by atoms with Crippen molar-refractivity contribution in [1.29, 1.82) is 0 Å². The number of hydrogen-bond acceptors (Lipinski definition) is 3. The molecule has 106 valence electrons. The summed E-state index contributed by atoms with van der Waals surface area (Å²) in [5.41, 5.74) is 7.45. The molecule has 0 amide bonds. The van der Waals surface area contributed by atoms with Crippen molar-refractivity contribution in [3.05, 3.63) is 29.8 Å². The third-order valence-corrected chi connectivity index (χ3v) is 4.00. The average Bonchev–Trinajstić information content (AvgIpc) is 2.89. The van der Waals surface area contributed by atoms with Crippen LogP contribution in [0.1, 0.15) is 51.1 Å². The maximum atomic E-state index is 6.48. The van der Waals surface area contributed by atoms with Gasteiger partial charge in [0.15, 0.2) is 0 Å². The van der Waals surface area contributed by atoms with Gasteiger partial charge in [-0.25, -0.2) is 0 Å². The molecule has 0 aromatic heterocycles. The molecular formula is C16H25NO2. The number of hydrogen-bond donors (Lipinski definition) is 1. The lowest BCUT2D eigenvalue weighted by Crippen LogP contribution is -2.41. The third kappa shape index (κ3) is 3.10. The summed E-state index contributed by atoms with van der Waals surface area (Å²) in [5.74, 6) is 0.898. The number of nitrogens with two attached hydrogens (primary N) is 1. The average molecular weight is 263 g/mol. The molecule has 1 aromatic rings. The van der Waals surface area contributed by atoms with Gasteiger partial charge in [0.2, 0.25) is 0 Å². The van der Waals surface area contributed by atoms with Gasteiger partial charge in [0, 0.05) is 6.61 Å². The molecule has 1 fully saturated rings. The lowest BCUT2D eigenvalue weighted by Gasteiger charge is -2.35. The topological polar surface area (TPSA) is 44.5 Å². The molecule has 1 aromatic carbocycles. The van der Waals surface area contributed by atoms with Gasteiger partial charge in [0.1, 0.15) is 5.75 Å². The molecule has 19 heavy (non-hydrogen) atoms. The minimum atomic E-state index is -0.165. The Morgan fingerprint density at radius 2 is 1.74 bits per heavy atom. The van der Waals surface area contributed by atoms with Crippen LogP contribution >= 0.6 is 0 Å². The summed E-state index contributed by atoms with van der Waals surface area (Å²) in [5, 5.41) is 0. The quantitative estimate of drug-likeness (QED) is 0.855. The van der Waals surface area contributed by atoms with Crippen molar-refractivity contribution >= 4 is 0 Å². The van der Waals surface area contributed by atoms with Crippen LogP contribution in [0.4, 0.5) is 0 Å². The van der Waals surface area contributed by atoms with Crippen LogP contribution in [0, 0.1) is 0 Å². The molecule has 3 nitrogen and oxygen atoms in total. The summed E-state index contributed by atoms with van der Waals surface area (Å²) in [6.45, 7) is 5.45. The minimum absolute atomic E-state index is 0.0503. The van der Waals surface area contributed by atoms with Gasteiger partial charge in [-0.1, -0.05) is 25.0 Å². The molecule has 1 aliphatic rings. The molecule has 0 heterocycles. The van der Waals surface area contributed by atoms with Crippen molar-refractivity contribution in [1.82, 2.24) is 0 Å². The van der Waals surface area contributed by atoms with E-state index in [-0.39, 0.29) is 11.6 Å². The van der Waals surface area contributed by atoms with E-state index in [0.717, 1.165) is 30.8 Å². The van der Waals surface area contributed by atoms with E-state index in [1.165, 1.54) is 12.8 Å². The first-order valence-electron chi connectivity index (χ1n) is 7.34. The zero-order chi connectivity index (χ0) is 13.7. The first kappa shape index (κ1) is 14.4. The highest BCUT2D eigenvalue weighted by molar-refractivity contribution is 5.30. The monoisotopic (exact) mass is 263 g/mol. The van der Waals surface area contributed by atoms with E-state index in [9.17, 15) is 0 Å². The van der Waals surface area contributed by atoms with Gasteiger partial charge in [-0.2, -0.15) is 0 Å². The predicted molar refractivity (Wildman–Crippen MR) is 77.4 cm³/mol. The highest BCUT2D eigenvalue weighted by Crippen LogP contribution is 2.41. The summed E-state index contributed by atoms with van der Waals surface area (Å²) in [6, 6.07) is 8.06. The van der Waals surface area contributed by atoms with Crippen LogP contribution in [0.5, 0.6) is 5.75 Å². The van der Waals surface area contributed by atoms with E-state index in [1.807, 2.05) is 26.0 Å². The van der Waals surface area contributed by atoms with Crippen LogP contribution < -0.4 is 10.5 Å². The molecule has 0 saturated heterocycles. The Labute approximate surface area is 116 Å². The Kier molecular flexibility index (Phi) is 4.83. The van der Waals surface area contributed by atoms with Gasteiger partial charge in [-0.3, -0.25) is 0 Å². The summed E-state index contributed by atoms with van der Waals surface area (Å²) in [4.78, 5) is 0. The van der Waals surface area contributed by atoms with Crippen LogP contribution in [0.2, 0.25) is 0 Å². The summed E-state index contributed by atoms with van der Waals surface area (Å²) >= 11 is 0. The van der Waals surface area contributed by atoms with E-state index in [1.54, 1.807) is 0 Å². The van der Waals surface area contributed by atoms with Crippen molar-refractivity contribution in [3.63, 3.8) is 0 Å². The minimum Gasteiger partial charge on any atom is -0.494 e. The zero-order valence-electron chi connectivity index (χ0n) is 12.0. The molecule has 0 aliphatic heterocycles. The highest BCUT2D eigenvalue weighted by Gasteiger charge is 2.40. The Hall–Kier alpha value is -1.06. The van der Waals surface area contributed by atoms with E-state index in [0.29, 0.717) is 6.61 Å². The highest BCUT2D eigenvalue weighted by atomic mass is 16.5. The first-order valence-corrected chi connectivity index (χ1v) is 7.34. The molecule has 0 bridgehead atoms. The molecule has 2 N–H and O–H groups in total. The SMILES string of the molecule is CCOc1ccc(C(N)C2(OCC)CCCC2)cc1. The van der Waals surface area contributed by atoms with Crippen LogP contribution in [-0.4, -0.2) is 18.8 Å². The fraction of sp³-hybridized carbons (Fsp3) is 0.625. The fourth-order valence-electron chi connectivity index (χ4n) is 3.05. The second-order valence-corrected chi connectivity index (χ2v) is 5.18. The molecule has 3 heteroatoms. The summed E-state index contributed by atoms with van der Waals surface area (Å²) < 4.78 is 11.5. The number of rotatable bonds is 6. The lowest BCUT2D eigenvalue weighted by molar-refractivity contribution is -0.0536. The smallest absolute Gasteiger partial charge is 0.119 e. The van der Waals surface area contributed by atoms with Gasteiger partial charge in [0.05, 0.1) is 18.2 Å². The Bertz CT molecular complexity index is 382. The first-order chi connectivity index (χ1) is 9.22. The van der Waals surface area contributed by atoms with Crippen molar-refractivity contribution in [2.75, 3.05) is 13.2 Å². The van der Waals surface area contributed by atoms with Crippen LogP contribution in [0.25, 0.3) is 0 Å². The molecule has 1 unspecified atom stereocenters. The Morgan fingerprint density at radius 1 is 1.11 bits per heavy atom. The molecular weight excluding hydrogens is 238 g/mol. The molecule has 2 rings (SSSR count). The molecule has 1 atom stereocenters. The van der Waals surface area contributed by atoms with Crippen molar-refractivity contribution in [3.8, 4) is 5.75 Å². The molecule has 1 saturated carbocycles.